The molecule has 1 aromatic heterocycles. The lowest BCUT2D eigenvalue weighted by atomic mass is 10.1. The highest BCUT2D eigenvalue weighted by atomic mass is 31.3. The average Bonchev–Trinajstić information content (AvgIpc) is 2.99. The number of rotatable bonds is 10. The quantitative estimate of drug-likeness (QED) is 0.128. The van der Waals surface area contributed by atoms with Gasteiger partial charge in [-0.15, -0.1) is 0 Å². The van der Waals surface area contributed by atoms with E-state index in [1.807, 2.05) is 0 Å². The Labute approximate surface area is 191 Å². The van der Waals surface area contributed by atoms with E-state index >= 15 is 0 Å². The molecule has 198 valence electrons. The van der Waals surface area contributed by atoms with Crippen LogP contribution < -0.4 is 11.4 Å². The van der Waals surface area contributed by atoms with Gasteiger partial charge in [-0.25, -0.2) is 13.9 Å². The van der Waals surface area contributed by atoms with E-state index < -0.39 is 71.3 Å². The summed E-state index contributed by atoms with van der Waals surface area (Å²) in [7, 11) is -9.05. The second-order valence-electron chi connectivity index (χ2n) is 6.70. The summed E-state index contributed by atoms with van der Waals surface area (Å²) in [5, 5.41) is 45.6. The number of hydrogen-bond acceptors (Lipinski definition) is 14. The van der Waals surface area contributed by atoms with Crippen molar-refractivity contribution in [2.75, 3.05) is 32.7 Å². The Morgan fingerprint density at radius 2 is 1.82 bits per heavy atom. The molecule has 0 spiro atoms. The molecule has 0 aromatic carbocycles. The van der Waals surface area contributed by atoms with Gasteiger partial charge in [-0.3, -0.25) is 9.09 Å². The van der Waals surface area contributed by atoms with Gasteiger partial charge < -0.3 is 55.4 Å². The summed E-state index contributed by atoms with van der Waals surface area (Å²) in [4.78, 5) is 41.3. The monoisotopic (exact) mass is 539 g/mol. The molecule has 0 bridgehead atoms. The normalized spacial score (nSPS) is 26.3. The minimum atomic E-state index is -5.30. The maximum Gasteiger partial charge on any atom is 0.481 e. The van der Waals surface area contributed by atoms with Crippen LogP contribution in [0.5, 0.6) is 0 Å². The third kappa shape index (κ3) is 9.73. The molecule has 1 unspecified atom stereocenters. The van der Waals surface area contributed by atoms with E-state index in [9.17, 15) is 24.1 Å². The maximum atomic E-state index is 11.7. The van der Waals surface area contributed by atoms with Gasteiger partial charge in [0.15, 0.2) is 6.23 Å². The van der Waals surface area contributed by atoms with Gasteiger partial charge >= 0.3 is 21.3 Å². The lowest BCUT2D eigenvalue weighted by Gasteiger charge is -2.17. The maximum absolute atomic E-state index is 11.7. The van der Waals surface area contributed by atoms with Crippen molar-refractivity contribution >= 4 is 21.5 Å². The highest BCUT2D eigenvalue weighted by Gasteiger charge is 2.45. The van der Waals surface area contributed by atoms with Crippen LogP contribution in [0.25, 0.3) is 0 Å². The highest BCUT2D eigenvalue weighted by Crippen LogP contribution is 2.57. The summed E-state index contributed by atoms with van der Waals surface area (Å²) in [6.07, 6.45) is -7.01. The van der Waals surface area contributed by atoms with Crippen molar-refractivity contribution in [1.29, 1.82) is 0 Å². The molecule has 1 aliphatic heterocycles. The first kappa shape index (κ1) is 30.7. The Morgan fingerprint density at radius 1 is 1.21 bits per heavy atom. The number of phosphoric acid groups is 2. The molecule has 0 saturated carbocycles. The Hall–Kier alpha value is -1.34. The second-order valence-corrected chi connectivity index (χ2v) is 9.53. The topological polar surface area (TPSA) is 294 Å². The van der Waals surface area contributed by atoms with E-state index in [2.05, 4.69) is 18.6 Å². The zero-order chi connectivity index (χ0) is 26.3. The van der Waals surface area contributed by atoms with E-state index in [0.717, 1.165) is 10.8 Å². The van der Waals surface area contributed by atoms with E-state index in [4.69, 9.17) is 40.5 Å². The number of phosphoric ester groups is 1. The van der Waals surface area contributed by atoms with E-state index in [-0.39, 0.29) is 12.4 Å². The van der Waals surface area contributed by atoms with Gasteiger partial charge in [0.25, 0.3) is 0 Å². The molecule has 10 N–H and O–H groups in total. The molecule has 1 fully saturated rings. The van der Waals surface area contributed by atoms with Crippen LogP contribution in [0.4, 0.5) is 5.82 Å². The molecular weight excluding hydrogens is 512 g/mol. The standard InChI is InChI=1S/C9H15N3O11P2.C5H12O4/c10-5-1-2-12(9(15)11-5)8-7(14)6(13)4(22-8)3-21-25(19,20)23-24(16,17)18;1-9-3-5(8)4(7)2-6/h1-2,4,6-8,13-14H,3H2,(H,19,20)(H2,10,11,15)(H2,16,17,18);4-8H,2-3H2,1H3/t4-,6-,7-,8-;4-,5+/m11/s1. The largest absolute Gasteiger partial charge is 0.481 e. The Bertz CT molecular complexity index is 926. The number of aliphatic hydroxyl groups excluding tert-OH is 5. The van der Waals surface area contributed by atoms with Crippen LogP contribution in [0, 0.1) is 0 Å². The van der Waals surface area contributed by atoms with Crippen molar-refractivity contribution in [2.24, 2.45) is 0 Å². The van der Waals surface area contributed by atoms with Gasteiger partial charge in [-0.2, -0.15) is 9.29 Å². The Balaban J connectivity index is 0.000000546. The van der Waals surface area contributed by atoms with Crippen molar-refractivity contribution in [1.82, 2.24) is 9.55 Å². The summed E-state index contributed by atoms with van der Waals surface area (Å²) in [6.45, 7) is -1.27. The van der Waals surface area contributed by atoms with Crippen LogP contribution in [0.3, 0.4) is 0 Å². The molecule has 1 aliphatic rings. The fourth-order valence-electron chi connectivity index (χ4n) is 2.45. The highest BCUT2D eigenvalue weighted by molar-refractivity contribution is 7.60. The number of aromatic nitrogens is 2. The zero-order valence-electron chi connectivity index (χ0n) is 17.5. The van der Waals surface area contributed by atoms with Crippen LogP contribution in [-0.4, -0.2) is 107 Å². The Kier molecular flexibility index (Phi) is 11.8. The molecular formula is C14H27N3O15P2. The summed E-state index contributed by atoms with van der Waals surface area (Å²) < 4.78 is 40.3. The van der Waals surface area contributed by atoms with Crippen LogP contribution in [0.15, 0.2) is 17.1 Å². The summed E-state index contributed by atoms with van der Waals surface area (Å²) >= 11 is 0. The summed E-state index contributed by atoms with van der Waals surface area (Å²) in [5.41, 5.74) is 4.45. The van der Waals surface area contributed by atoms with Crippen molar-refractivity contribution in [3.05, 3.63) is 22.7 Å². The SMILES string of the molecule is COC[C@H](O)[C@H](O)CO.Nc1ccn([C@@H]2O[C@H](COP(=O)(O)OP(=O)(O)O)[C@@H](O)[C@H]2O)c(=O)n1. The van der Waals surface area contributed by atoms with Gasteiger partial charge in [0, 0.05) is 13.3 Å². The lowest BCUT2D eigenvalue weighted by Crippen LogP contribution is -2.36. The molecule has 0 radical (unpaired) electrons. The predicted molar refractivity (Wildman–Crippen MR) is 109 cm³/mol. The first-order chi connectivity index (χ1) is 15.6. The van der Waals surface area contributed by atoms with Crippen LogP contribution in [0.2, 0.25) is 0 Å². The van der Waals surface area contributed by atoms with Gasteiger partial charge in [0.05, 0.1) is 19.8 Å². The van der Waals surface area contributed by atoms with Gasteiger partial charge in [-0.05, 0) is 6.07 Å². The van der Waals surface area contributed by atoms with Crippen molar-refractivity contribution in [3.63, 3.8) is 0 Å². The molecule has 1 saturated heterocycles. The number of nitrogens with zero attached hydrogens (tertiary/aromatic N) is 2. The van der Waals surface area contributed by atoms with Crippen LogP contribution in [-0.2, 0) is 27.4 Å². The number of methoxy groups -OCH3 is 1. The van der Waals surface area contributed by atoms with E-state index in [0.29, 0.717) is 0 Å². The first-order valence-electron chi connectivity index (χ1n) is 9.18. The molecule has 18 nitrogen and oxygen atoms in total. The van der Waals surface area contributed by atoms with Crippen LogP contribution >= 0.6 is 15.6 Å². The lowest BCUT2D eigenvalue weighted by molar-refractivity contribution is -0.0541. The number of nitrogens with two attached hydrogens (primary N) is 1. The van der Waals surface area contributed by atoms with E-state index in [1.165, 1.54) is 13.2 Å². The predicted octanol–water partition coefficient (Wildman–Crippen LogP) is -3.98. The van der Waals surface area contributed by atoms with Crippen molar-refractivity contribution in [2.45, 2.75) is 36.7 Å². The molecule has 2 heterocycles. The molecule has 0 aliphatic carbocycles. The molecule has 2 rings (SSSR count). The van der Waals surface area contributed by atoms with E-state index in [1.54, 1.807) is 0 Å². The van der Waals surface area contributed by atoms with Crippen LogP contribution in [0.1, 0.15) is 6.23 Å². The van der Waals surface area contributed by atoms with Gasteiger partial charge in [0.2, 0.25) is 0 Å². The number of aliphatic hydroxyl groups is 5. The molecule has 34 heavy (non-hydrogen) atoms. The molecule has 7 atom stereocenters. The van der Waals surface area contributed by atoms with Gasteiger partial charge in [0.1, 0.15) is 36.3 Å². The van der Waals surface area contributed by atoms with Crippen molar-refractivity contribution in [3.8, 4) is 0 Å². The third-order valence-electron chi connectivity index (χ3n) is 4.04. The smallest absolute Gasteiger partial charge is 0.394 e. The summed E-state index contributed by atoms with van der Waals surface area (Å²) in [6, 6.07) is 1.24. The fraction of sp³-hybridized carbons (Fsp3) is 0.714. The molecule has 1 aromatic rings. The second kappa shape index (κ2) is 13.1. The number of ether oxygens (including phenoxy) is 2. The third-order valence-corrected chi connectivity index (χ3v) is 6.19. The Morgan fingerprint density at radius 3 is 2.32 bits per heavy atom. The minimum Gasteiger partial charge on any atom is -0.394 e. The number of hydrogen-bond donors (Lipinski definition) is 9. The molecule has 0 amide bonds. The van der Waals surface area contributed by atoms with Gasteiger partial charge in [-0.1, -0.05) is 0 Å². The minimum absolute atomic E-state index is 0.0434. The van der Waals surface area contributed by atoms with Crippen molar-refractivity contribution < 1.29 is 67.7 Å². The zero-order valence-corrected chi connectivity index (χ0v) is 19.3. The number of anilines is 1. The summed E-state index contributed by atoms with van der Waals surface area (Å²) in [5.74, 6) is -0.0787. The number of nitrogen functional groups attached to an aromatic ring is 1. The average molecular weight is 539 g/mol. The molecule has 20 heteroatoms. The first-order valence-corrected chi connectivity index (χ1v) is 12.2. The fourth-order valence-corrected chi connectivity index (χ4v) is 4.04.